The number of anilines is 1. The average Bonchev–Trinajstić information content (AvgIpc) is 2.63. The van der Waals surface area contributed by atoms with Gasteiger partial charge in [-0.1, -0.05) is 0 Å². The lowest BCUT2D eigenvalue weighted by Gasteiger charge is -2.10. The molecular formula is C11H15N3O2S. The summed E-state index contributed by atoms with van der Waals surface area (Å²) in [7, 11) is 0. The number of hydrogen-bond donors (Lipinski definition) is 3. The van der Waals surface area contributed by atoms with E-state index in [1.165, 1.54) is 11.2 Å². The number of fused-ring (bicyclic) bond motifs is 1. The molecule has 5 nitrogen and oxygen atoms in total. The van der Waals surface area contributed by atoms with Gasteiger partial charge in [0.05, 0.1) is 18.1 Å². The summed E-state index contributed by atoms with van der Waals surface area (Å²) in [6.07, 6.45) is 0.728. The fourth-order valence-electron chi connectivity index (χ4n) is 1.60. The Hall–Kier alpha value is -1.24. The second kappa shape index (κ2) is 4.95. The molecule has 0 aliphatic heterocycles. The molecule has 2 aromatic rings. The number of aryl methyl sites for hydroxylation is 2. The first-order valence-corrected chi connectivity index (χ1v) is 6.18. The molecule has 0 saturated carbocycles. The molecule has 0 bridgehead atoms. The molecule has 2 rings (SSSR count). The number of thiophene rings is 1. The van der Waals surface area contributed by atoms with Crippen LogP contribution in [0.2, 0.25) is 0 Å². The van der Waals surface area contributed by atoms with Crippen molar-refractivity contribution < 1.29 is 10.2 Å². The van der Waals surface area contributed by atoms with Crippen molar-refractivity contribution in [2.45, 2.75) is 20.0 Å². The third kappa shape index (κ3) is 2.38. The molecule has 17 heavy (non-hydrogen) atoms. The van der Waals surface area contributed by atoms with Crippen LogP contribution in [0.4, 0.5) is 5.82 Å². The zero-order chi connectivity index (χ0) is 12.4. The maximum absolute atomic E-state index is 9.31. The Morgan fingerprint density at radius 1 is 1.41 bits per heavy atom. The van der Waals surface area contributed by atoms with E-state index >= 15 is 0 Å². The second-order valence-electron chi connectivity index (χ2n) is 3.90. The molecule has 2 heterocycles. The van der Waals surface area contributed by atoms with Crippen LogP contribution in [0.5, 0.6) is 0 Å². The largest absolute Gasteiger partial charge is 0.394 e. The summed E-state index contributed by atoms with van der Waals surface area (Å²) in [4.78, 5) is 10.6. The van der Waals surface area contributed by atoms with Crippen LogP contribution >= 0.6 is 11.3 Å². The van der Waals surface area contributed by atoms with Crippen molar-refractivity contribution in [1.82, 2.24) is 9.97 Å². The monoisotopic (exact) mass is 253 g/mol. The minimum atomic E-state index is -0.778. The molecule has 6 heteroatoms. The summed E-state index contributed by atoms with van der Waals surface area (Å²) in [6.45, 7) is 4.10. The van der Waals surface area contributed by atoms with Gasteiger partial charge >= 0.3 is 0 Å². The van der Waals surface area contributed by atoms with Gasteiger partial charge in [0.2, 0.25) is 0 Å². The second-order valence-corrected chi connectivity index (χ2v) is 5.11. The summed E-state index contributed by atoms with van der Waals surface area (Å²) in [5.74, 6) is 0.712. The zero-order valence-corrected chi connectivity index (χ0v) is 10.6. The summed E-state index contributed by atoms with van der Waals surface area (Å²) < 4.78 is 0. The minimum absolute atomic E-state index is 0.261. The molecular weight excluding hydrogens is 238 g/mol. The topological polar surface area (TPSA) is 78.3 Å². The smallest absolute Gasteiger partial charge is 0.138 e. The summed E-state index contributed by atoms with van der Waals surface area (Å²) >= 11 is 1.63. The molecule has 0 amide bonds. The Balaban J connectivity index is 2.33. The van der Waals surface area contributed by atoms with Gasteiger partial charge in [-0.3, -0.25) is 0 Å². The van der Waals surface area contributed by atoms with Gasteiger partial charge in [0, 0.05) is 11.4 Å². The molecule has 0 saturated heterocycles. The highest BCUT2D eigenvalue weighted by atomic mass is 32.1. The third-order valence-corrected chi connectivity index (χ3v) is 3.80. The molecule has 1 atom stereocenters. The predicted octanol–water partition coefficient (Wildman–Crippen LogP) is 1.07. The normalized spacial score (nSPS) is 12.9. The van der Waals surface area contributed by atoms with E-state index in [0.29, 0.717) is 5.82 Å². The first-order chi connectivity index (χ1) is 8.13. The van der Waals surface area contributed by atoms with Crippen molar-refractivity contribution in [2.75, 3.05) is 18.5 Å². The highest BCUT2D eigenvalue weighted by Crippen LogP contribution is 2.32. The average molecular weight is 253 g/mol. The van der Waals surface area contributed by atoms with Crippen molar-refractivity contribution in [3.8, 4) is 0 Å². The molecule has 3 N–H and O–H groups in total. The van der Waals surface area contributed by atoms with E-state index in [1.807, 2.05) is 13.8 Å². The van der Waals surface area contributed by atoms with Gasteiger partial charge in [-0.15, -0.1) is 11.3 Å². The molecule has 1 unspecified atom stereocenters. The Labute approximate surface area is 103 Å². The van der Waals surface area contributed by atoms with Crippen molar-refractivity contribution in [3.05, 3.63) is 16.8 Å². The number of hydrogen-bond acceptors (Lipinski definition) is 6. The van der Waals surface area contributed by atoms with E-state index < -0.39 is 6.10 Å². The van der Waals surface area contributed by atoms with Gasteiger partial charge < -0.3 is 15.5 Å². The first-order valence-electron chi connectivity index (χ1n) is 5.37. The van der Waals surface area contributed by atoms with Crippen LogP contribution in [0.15, 0.2) is 6.33 Å². The maximum Gasteiger partial charge on any atom is 0.138 e. The van der Waals surface area contributed by atoms with Crippen LogP contribution in [-0.2, 0) is 0 Å². The number of aromatic nitrogens is 2. The fourth-order valence-corrected chi connectivity index (χ4v) is 2.59. The van der Waals surface area contributed by atoms with Gasteiger partial charge in [0.25, 0.3) is 0 Å². The first kappa shape index (κ1) is 12.2. The standard InChI is InChI=1S/C11H15N3O2S/c1-6-7(2)17-11-9(6)10(13-5-14-11)12-3-8(16)4-15/h5,8,15-16H,3-4H2,1-2H3,(H,12,13,14). The van der Waals surface area contributed by atoms with E-state index in [4.69, 9.17) is 5.11 Å². The number of nitrogens with one attached hydrogen (secondary N) is 1. The van der Waals surface area contributed by atoms with Crippen LogP contribution in [0.1, 0.15) is 10.4 Å². The van der Waals surface area contributed by atoms with Crippen molar-refractivity contribution in [1.29, 1.82) is 0 Å². The number of aliphatic hydroxyl groups is 2. The van der Waals surface area contributed by atoms with Crippen LogP contribution in [0, 0.1) is 13.8 Å². The zero-order valence-electron chi connectivity index (χ0n) is 9.77. The SMILES string of the molecule is Cc1sc2ncnc(NCC(O)CO)c2c1C. The molecule has 0 spiro atoms. The lowest BCUT2D eigenvalue weighted by molar-refractivity contribution is 0.105. The Kier molecular flexibility index (Phi) is 3.56. The lowest BCUT2D eigenvalue weighted by Crippen LogP contribution is -2.23. The Morgan fingerprint density at radius 3 is 2.88 bits per heavy atom. The lowest BCUT2D eigenvalue weighted by atomic mass is 10.2. The van der Waals surface area contributed by atoms with E-state index in [2.05, 4.69) is 15.3 Å². The van der Waals surface area contributed by atoms with Gasteiger partial charge in [0.1, 0.15) is 17.0 Å². The highest BCUT2D eigenvalue weighted by Gasteiger charge is 2.12. The van der Waals surface area contributed by atoms with Crippen molar-refractivity contribution in [2.24, 2.45) is 0 Å². The molecule has 0 fully saturated rings. The number of aliphatic hydroxyl groups excluding tert-OH is 2. The third-order valence-electron chi connectivity index (χ3n) is 2.68. The number of rotatable bonds is 4. The van der Waals surface area contributed by atoms with Crippen LogP contribution in [-0.4, -0.2) is 39.4 Å². The molecule has 0 aromatic carbocycles. The van der Waals surface area contributed by atoms with Gasteiger partial charge in [0.15, 0.2) is 0 Å². The van der Waals surface area contributed by atoms with Gasteiger partial charge in [-0.2, -0.15) is 0 Å². The fraction of sp³-hybridized carbons (Fsp3) is 0.455. The van der Waals surface area contributed by atoms with Crippen LogP contribution in [0.25, 0.3) is 10.2 Å². The highest BCUT2D eigenvalue weighted by molar-refractivity contribution is 7.18. The summed E-state index contributed by atoms with van der Waals surface area (Å²) in [5.41, 5.74) is 1.16. The van der Waals surface area contributed by atoms with E-state index in [0.717, 1.165) is 15.8 Å². The van der Waals surface area contributed by atoms with Gasteiger partial charge in [-0.25, -0.2) is 9.97 Å². The minimum Gasteiger partial charge on any atom is -0.394 e. The van der Waals surface area contributed by atoms with Gasteiger partial charge in [-0.05, 0) is 19.4 Å². The van der Waals surface area contributed by atoms with E-state index in [-0.39, 0.29) is 13.2 Å². The van der Waals surface area contributed by atoms with Crippen molar-refractivity contribution in [3.63, 3.8) is 0 Å². The Bertz CT molecular complexity index is 527. The van der Waals surface area contributed by atoms with Crippen LogP contribution < -0.4 is 5.32 Å². The summed E-state index contributed by atoms with van der Waals surface area (Å²) in [6, 6.07) is 0. The molecule has 2 aromatic heterocycles. The van der Waals surface area contributed by atoms with Crippen LogP contribution in [0.3, 0.4) is 0 Å². The molecule has 0 radical (unpaired) electrons. The Morgan fingerprint density at radius 2 is 2.18 bits per heavy atom. The van der Waals surface area contributed by atoms with Crippen molar-refractivity contribution >= 4 is 27.4 Å². The maximum atomic E-state index is 9.31. The number of nitrogens with zero attached hydrogens (tertiary/aromatic N) is 2. The van der Waals surface area contributed by atoms with E-state index in [9.17, 15) is 5.11 Å². The van der Waals surface area contributed by atoms with E-state index in [1.54, 1.807) is 11.3 Å². The molecule has 0 aliphatic carbocycles. The quantitative estimate of drug-likeness (QED) is 0.759. The molecule has 0 aliphatic rings. The predicted molar refractivity (Wildman–Crippen MR) is 68.5 cm³/mol. The molecule has 92 valence electrons. The summed E-state index contributed by atoms with van der Waals surface area (Å²) in [5, 5.41) is 22.1.